The summed E-state index contributed by atoms with van der Waals surface area (Å²) in [7, 11) is 0. The van der Waals surface area contributed by atoms with Crippen LogP contribution in [0.3, 0.4) is 0 Å². The average molecular weight is 263 g/mol. The Labute approximate surface area is 106 Å². The van der Waals surface area contributed by atoms with E-state index in [-0.39, 0.29) is 12.0 Å². The van der Waals surface area contributed by atoms with Gasteiger partial charge in [0.2, 0.25) is 0 Å². The van der Waals surface area contributed by atoms with Crippen molar-refractivity contribution in [3.8, 4) is 6.07 Å². The highest BCUT2D eigenvalue weighted by Gasteiger charge is 2.34. The van der Waals surface area contributed by atoms with E-state index in [4.69, 9.17) is 0 Å². The molecule has 0 N–H and O–H groups in total. The number of alkyl halides is 3. The van der Waals surface area contributed by atoms with Crippen LogP contribution in [0.25, 0.3) is 0 Å². The van der Waals surface area contributed by atoms with Crippen molar-refractivity contribution in [1.82, 2.24) is 0 Å². The Hall–Kier alpha value is -0.760. The molecule has 0 bridgehead atoms. The van der Waals surface area contributed by atoms with E-state index in [1.807, 2.05) is 0 Å². The predicted octanol–water partition coefficient (Wildman–Crippen LogP) is 4.07. The molecule has 1 aliphatic carbocycles. The summed E-state index contributed by atoms with van der Waals surface area (Å²) < 4.78 is 40.1. The molecule has 104 valence electrons. The zero-order chi connectivity index (χ0) is 13.6. The minimum Gasteiger partial charge on any atom is -0.372 e. The zero-order valence-corrected chi connectivity index (χ0v) is 10.7. The fourth-order valence-corrected chi connectivity index (χ4v) is 2.75. The summed E-state index contributed by atoms with van der Waals surface area (Å²) in [5.74, 6) is 0.537. The molecule has 0 heterocycles. The van der Waals surface area contributed by atoms with Gasteiger partial charge >= 0.3 is 6.18 Å². The topological polar surface area (TPSA) is 33.0 Å². The van der Waals surface area contributed by atoms with E-state index < -0.39 is 12.8 Å². The number of rotatable bonds is 5. The summed E-state index contributed by atoms with van der Waals surface area (Å²) in [6, 6.07) is 2.38. The highest BCUT2D eigenvalue weighted by Crippen LogP contribution is 2.42. The van der Waals surface area contributed by atoms with Gasteiger partial charge in [-0.1, -0.05) is 19.8 Å². The third-order valence-electron chi connectivity index (χ3n) is 3.54. The molecule has 1 rings (SSSR count). The third kappa shape index (κ3) is 5.26. The molecule has 0 aromatic carbocycles. The molecule has 18 heavy (non-hydrogen) atoms. The molecule has 0 aliphatic heterocycles. The Balaban J connectivity index is 2.26. The lowest BCUT2D eigenvalue weighted by atomic mass is 9.69. The van der Waals surface area contributed by atoms with Crippen molar-refractivity contribution >= 4 is 0 Å². The molecule has 1 saturated carbocycles. The first-order valence-electron chi connectivity index (χ1n) is 6.43. The van der Waals surface area contributed by atoms with Crippen LogP contribution >= 0.6 is 0 Å². The van der Waals surface area contributed by atoms with E-state index in [9.17, 15) is 18.4 Å². The van der Waals surface area contributed by atoms with Crippen molar-refractivity contribution in [3.63, 3.8) is 0 Å². The predicted molar refractivity (Wildman–Crippen MR) is 61.8 cm³/mol. The van der Waals surface area contributed by atoms with E-state index in [2.05, 4.69) is 17.7 Å². The molecule has 2 atom stereocenters. The molecule has 0 spiro atoms. The second kappa shape index (κ2) is 6.42. The lowest BCUT2D eigenvalue weighted by Crippen LogP contribution is -2.27. The van der Waals surface area contributed by atoms with E-state index in [1.165, 1.54) is 0 Å². The van der Waals surface area contributed by atoms with Crippen molar-refractivity contribution in [1.29, 1.82) is 5.26 Å². The zero-order valence-electron chi connectivity index (χ0n) is 10.7. The first kappa shape index (κ1) is 15.3. The van der Waals surface area contributed by atoms with Gasteiger partial charge in [-0.3, -0.25) is 0 Å². The Kier molecular flexibility index (Phi) is 5.46. The van der Waals surface area contributed by atoms with Crippen LogP contribution < -0.4 is 0 Å². The van der Waals surface area contributed by atoms with Gasteiger partial charge in [0.15, 0.2) is 0 Å². The van der Waals surface area contributed by atoms with Gasteiger partial charge in [0.05, 0.1) is 11.5 Å². The molecule has 5 heteroatoms. The Morgan fingerprint density at radius 1 is 1.44 bits per heavy atom. The molecule has 2 unspecified atom stereocenters. The van der Waals surface area contributed by atoms with Crippen molar-refractivity contribution in [2.24, 2.45) is 11.3 Å². The highest BCUT2D eigenvalue weighted by molar-refractivity contribution is 5.01. The fraction of sp³-hybridized carbons (Fsp3) is 0.923. The van der Waals surface area contributed by atoms with Crippen LogP contribution in [0.2, 0.25) is 0 Å². The van der Waals surface area contributed by atoms with Crippen molar-refractivity contribution < 1.29 is 17.9 Å². The minimum atomic E-state index is -4.26. The van der Waals surface area contributed by atoms with Crippen LogP contribution in [-0.4, -0.2) is 19.4 Å². The van der Waals surface area contributed by atoms with Crippen LogP contribution in [-0.2, 0) is 4.74 Å². The molecule has 0 aromatic rings. The van der Waals surface area contributed by atoms with Gasteiger partial charge in [0, 0.05) is 6.61 Å². The van der Waals surface area contributed by atoms with Gasteiger partial charge in [0.1, 0.15) is 6.61 Å². The van der Waals surface area contributed by atoms with Gasteiger partial charge in [-0.2, -0.15) is 18.4 Å². The molecule has 0 radical (unpaired) electrons. The Morgan fingerprint density at radius 3 is 2.72 bits per heavy atom. The first-order chi connectivity index (χ1) is 8.37. The Morgan fingerprint density at radius 2 is 2.17 bits per heavy atom. The van der Waals surface area contributed by atoms with Gasteiger partial charge in [-0.05, 0) is 31.6 Å². The van der Waals surface area contributed by atoms with Gasteiger partial charge in [0.25, 0.3) is 0 Å². The van der Waals surface area contributed by atoms with Gasteiger partial charge in [-0.25, -0.2) is 0 Å². The maximum atomic E-state index is 11.9. The fourth-order valence-electron chi connectivity index (χ4n) is 2.75. The molecule has 1 aliphatic rings. The van der Waals surface area contributed by atoms with Crippen LogP contribution in [0.1, 0.15) is 45.4 Å². The highest BCUT2D eigenvalue weighted by atomic mass is 19.4. The summed E-state index contributed by atoms with van der Waals surface area (Å²) >= 11 is 0. The first-order valence-corrected chi connectivity index (χ1v) is 6.43. The molecule has 0 amide bonds. The number of halogens is 3. The normalized spacial score (nSPS) is 28.9. The molecule has 2 nitrogen and oxygen atoms in total. The maximum Gasteiger partial charge on any atom is 0.411 e. The summed E-state index contributed by atoms with van der Waals surface area (Å²) in [5, 5.41) is 9.27. The SMILES string of the molecule is CC1CCCC(C#N)(CCCOCC(F)(F)F)C1. The van der Waals surface area contributed by atoms with E-state index >= 15 is 0 Å². The molecule has 0 saturated heterocycles. The average Bonchev–Trinajstić information content (AvgIpc) is 2.27. The third-order valence-corrected chi connectivity index (χ3v) is 3.54. The largest absolute Gasteiger partial charge is 0.411 e. The van der Waals surface area contributed by atoms with Crippen molar-refractivity contribution in [2.75, 3.05) is 13.2 Å². The smallest absolute Gasteiger partial charge is 0.372 e. The standard InChI is InChI=1S/C13H20F3NO/c1-11-4-2-5-12(8-11,9-17)6-3-7-18-10-13(14,15)16/h11H,2-8,10H2,1H3. The van der Waals surface area contributed by atoms with Crippen molar-refractivity contribution in [3.05, 3.63) is 0 Å². The lowest BCUT2D eigenvalue weighted by molar-refractivity contribution is -0.174. The number of hydrogen-bond donors (Lipinski definition) is 0. The number of nitriles is 1. The second-order valence-corrected chi connectivity index (χ2v) is 5.36. The van der Waals surface area contributed by atoms with Crippen LogP contribution in [0.5, 0.6) is 0 Å². The van der Waals surface area contributed by atoms with Crippen LogP contribution in [0.4, 0.5) is 13.2 Å². The quantitative estimate of drug-likeness (QED) is 0.700. The molecular formula is C13H20F3NO. The van der Waals surface area contributed by atoms with Crippen LogP contribution in [0.15, 0.2) is 0 Å². The second-order valence-electron chi connectivity index (χ2n) is 5.36. The van der Waals surface area contributed by atoms with E-state index in [0.717, 1.165) is 25.7 Å². The molecule has 0 aromatic heterocycles. The lowest BCUT2D eigenvalue weighted by Gasteiger charge is -2.34. The molecule has 1 fully saturated rings. The van der Waals surface area contributed by atoms with E-state index in [1.54, 1.807) is 0 Å². The molecular weight excluding hydrogens is 243 g/mol. The Bertz CT molecular complexity index is 298. The summed E-state index contributed by atoms with van der Waals surface area (Å²) in [4.78, 5) is 0. The minimum absolute atomic E-state index is 0.0807. The summed E-state index contributed by atoms with van der Waals surface area (Å²) in [5.41, 5.74) is -0.334. The number of nitrogens with zero attached hydrogens (tertiary/aromatic N) is 1. The van der Waals surface area contributed by atoms with Gasteiger partial charge < -0.3 is 4.74 Å². The maximum absolute atomic E-state index is 11.9. The van der Waals surface area contributed by atoms with Gasteiger partial charge in [-0.15, -0.1) is 0 Å². The number of ether oxygens (including phenoxy) is 1. The monoisotopic (exact) mass is 263 g/mol. The van der Waals surface area contributed by atoms with E-state index in [0.29, 0.717) is 18.8 Å². The summed E-state index contributed by atoms with van der Waals surface area (Å²) in [6.07, 6.45) is 0.830. The summed E-state index contributed by atoms with van der Waals surface area (Å²) in [6.45, 7) is 1.02. The van der Waals surface area contributed by atoms with Crippen molar-refractivity contribution in [2.45, 2.75) is 51.6 Å². The number of hydrogen-bond acceptors (Lipinski definition) is 2. The van der Waals surface area contributed by atoms with Crippen LogP contribution in [0, 0.1) is 22.7 Å².